The van der Waals surface area contributed by atoms with Crippen LogP contribution in [0.4, 0.5) is 5.69 Å². The van der Waals surface area contributed by atoms with E-state index in [0.717, 1.165) is 47.1 Å². The lowest BCUT2D eigenvalue weighted by Gasteiger charge is -2.45. The SMILES string of the molecule is C[C@H]1C/C=C\[C@H](O)[C@@H]2CC[C@H]2CN2C[C@@]3(CCCc4cc(Cl)ccc43)COc3ccc(cc32)C(=O)NS(=O)(=O)N1C. The number of carbonyl (C=O) groups is 1. The molecule has 1 fully saturated rings. The summed E-state index contributed by atoms with van der Waals surface area (Å²) >= 11 is 6.37. The van der Waals surface area contributed by atoms with Crippen LogP contribution in [0.25, 0.3) is 0 Å². The second-order valence-corrected chi connectivity index (χ2v) is 14.4. The van der Waals surface area contributed by atoms with Crippen LogP contribution in [-0.2, 0) is 22.0 Å². The van der Waals surface area contributed by atoms with Crippen LogP contribution in [0.3, 0.4) is 0 Å². The molecule has 0 unspecified atom stereocenters. The van der Waals surface area contributed by atoms with Gasteiger partial charge < -0.3 is 14.7 Å². The third kappa shape index (κ3) is 5.38. The second-order valence-electron chi connectivity index (χ2n) is 12.2. The predicted molar refractivity (Wildman–Crippen MR) is 160 cm³/mol. The molecule has 10 heteroatoms. The van der Waals surface area contributed by atoms with Gasteiger partial charge in [-0.1, -0.05) is 29.8 Å². The van der Waals surface area contributed by atoms with Crippen LogP contribution in [0.15, 0.2) is 48.6 Å². The van der Waals surface area contributed by atoms with Gasteiger partial charge in [-0.2, -0.15) is 12.7 Å². The lowest BCUT2D eigenvalue weighted by molar-refractivity contribution is 0.0456. The van der Waals surface area contributed by atoms with Crippen molar-refractivity contribution in [3.05, 3.63) is 70.3 Å². The van der Waals surface area contributed by atoms with Gasteiger partial charge in [0.25, 0.3) is 5.91 Å². The maximum absolute atomic E-state index is 13.3. The molecular formula is C31H38ClN3O5S. The molecule has 1 spiro atoms. The minimum absolute atomic E-state index is 0.114. The molecule has 5 atom stereocenters. The van der Waals surface area contributed by atoms with E-state index in [4.69, 9.17) is 16.3 Å². The second kappa shape index (κ2) is 10.9. The van der Waals surface area contributed by atoms with Crippen molar-refractivity contribution >= 4 is 33.4 Å². The topological polar surface area (TPSA) is 99.2 Å². The van der Waals surface area contributed by atoms with Crippen LogP contribution in [-0.4, -0.2) is 62.6 Å². The van der Waals surface area contributed by atoms with E-state index in [2.05, 4.69) is 21.8 Å². The number of anilines is 1. The quantitative estimate of drug-likeness (QED) is 0.434. The molecule has 2 N–H and O–H groups in total. The summed E-state index contributed by atoms with van der Waals surface area (Å²) in [7, 11) is -2.62. The molecule has 2 aliphatic heterocycles. The molecule has 0 radical (unpaired) electrons. The summed E-state index contributed by atoms with van der Waals surface area (Å²) in [6, 6.07) is 10.9. The molecule has 8 nitrogen and oxygen atoms in total. The zero-order valence-corrected chi connectivity index (χ0v) is 25.1. The molecule has 2 bridgehead atoms. The Bertz CT molecular complexity index is 1480. The summed E-state index contributed by atoms with van der Waals surface area (Å²) in [6.07, 6.45) is 8.38. The molecule has 220 valence electrons. The Hall–Kier alpha value is -2.59. The number of benzene rings is 2. The predicted octanol–water partition coefficient (Wildman–Crippen LogP) is 4.46. The van der Waals surface area contributed by atoms with Crippen molar-refractivity contribution in [2.45, 2.75) is 63.0 Å². The molecule has 4 aliphatic rings. The number of aliphatic hydroxyl groups excluding tert-OH is 1. The molecule has 1 amide bonds. The molecule has 2 aliphatic carbocycles. The maximum Gasteiger partial charge on any atom is 0.304 e. The van der Waals surface area contributed by atoms with Gasteiger partial charge >= 0.3 is 10.2 Å². The monoisotopic (exact) mass is 599 g/mol. The van der Waals surface area contributed by atoms with Crippen molar-refractivity contribution in [3.8, 4) is 5.75 Å². The van der Waals surface area contributed by atoms with E-state index >= 15 is 0 Å². The first kappa shape index (κ1) is 28.5. The zero-order chi connectivity index (χ0) is 28.9. The van der Waals surface area contributed by atoms with Crippen LogP contribution in [0, 0.1) is 11.8 Å². The fraction of sp³-hybridized carbons (Fsp3) is 0.516. The summed E-state index contributed by atoms with van der Waals surface area (Å²) in [5, 5.41) is 11.8. The third-order valence-electron chi connectivity index (χ3n) is 9.70. The highest BCUT2D eigenvalue weighted by molar-refractivity contribution is 7.87. The molecule has 41 heavy (non-hydrogen) atoms. The highest BCUT2D eigenvalue weighted by atomic mass is 35.5. The summed E-state index contributed by atoms with van der Waals surface area (Å²) in [6.45, 7) is 3.67. The van der Waals surface area contributed by atoms with Gasteiger partial charge in [0.1, 0.15) is 5.75 Å². The van der Waals surface area contributed by atoms with Crippen LogP contribution < -0.4 is 14.4 Å². The van der Waals surface area contributed by atoms with E-state index in [1.807, 2.05) is 12.1 Å². The average molecular weight is 600 g/mol. The van der Waals surface area contributed by atoms with Gasteiger partial charge in [-0.3, -0.25) is 4.79 Å². The Balaban J connectivity index is 1.42. The number of aliphatic hydroxyl groups is 1. The van der Waals surface area contributed by atoms with E-state index in [9.17, 15) is 18.3 Å². The average Bonchev–Trinajstić information content (AvgIpc) is 3.06. The van der Waals surface area contributed by atoms with Gasteiger partial charge in [0, 0.05) is 42.2 Å². The summed E-state index contributed by atoms with van der Waals surface area (Å²) < 4.78 is 36.0. The van der Waals surface area contributed by atoms with Gasteiger partial charge in [0.15, 0.2) is 0 Å². The number of nitrogens with one attached hydrogen (secondary N) is 1. The van der Waals surface area contributed by atoms with Crippen molar-refractivity contribution in [1.82, 2.24) is 9.03 Å². The first-order valence-electron chi connectivity index (χ1n) is 14.5. The number of rotatable bonds is 0. The molecular weight excluding hydrogens is 562 g/mol. The summed E-state index contributed by atoms with van der Waals surface area (Å²) in [5.41, 5.74) is 3.27. The van der Waals surface area contributed by atoms with Gasteiger partial charge in [-0.05, 0) is 98.7 Å². The number of aryl methyl sites for hydroxylation is 1. The van der Waals surface area contributed by atoms with Gasteiger partial charge in [0.05, 0.1) is 18.4 Å². The van der Waals surface area contributed by atoms with Crippen LogP contribution >= 0.6 is 11.6 Å². The fourth-order valence-corrected chi connectivity index (χ4v) is 8.25. The van der Waals surface area contributed by atoms with Gasteiger partial charge in [-0.25, -0.2) is 4.72 Å². The van der Waals surface area contributed by atoms with Crippen LogP contribution in [0.5, 0.6) is 5.75 Å². The van der Waals surface area contributed by atoms with E-state index in [1.165, 1.54) is 18.2 Å². The number of ether oxygens (including phenoxy) is 1. The number of hydrogen-bond donors (Lipinski definition) is 2. The maximum atomic E-state index is 13.3. The highest BCUT2D eigenvalue weighted by Crippen LogP contribution is 2.46. The van der Waals surface area contributed by atoms with E-state index in [0.29, 0.717) is 31.9 Å². The number of halogens is 1. The van der Waals surface area contributed by atoms with Crippen molar-refractivity contribution in [2.24, 2.45) is 11.8 Å². The Morgan fingerprint density at radius 1 is 1.17 bits per heavy atom. The fourth-order valence-electron chi connectivity index (χ4n) is 7.00. The lowest BCUT2D eigenvalue weighted by Crippen LogP contribution is -2.49. The number of nitrogens with zero attached hydrogens (tertiary/aromatic N) is 2. The molecule has 0 aromatic heterocycles. The van der Waals surface area contributed by atoms with Crippen LogP contribution in [0.2, 0.25) is 5.02 Å². The largest absolute Gasteiger partial charge is 0.490 e. The van der Waals surface area contributed by atoms with Crippen molar-refractivity contribution in [2.75, 3.05) is 31.6 Å². The van der Waals surface area contributed by atoms with Crippen molar-refractivity contribution < 1.29 is 23.1 Å². The molecule has 2 aromatic rings. The van der Waals surface area contributed by atoms with Crippen LogP contribution in [0.1, 0.15) is 60.5 Å². The van der Waals surface area contributed by atoms with Crippen molar-refractivity contribution in [1.29, 1.82) is 0 Å². The first-order valence-corrected chi connectivity index (χ1v) is 16.3. The Kier molecular flexibility index (Phi) is 7.59. The number of hydrogen-bond acceptors (Lipinski definition) is 6. The molecule has 2 heterocycles. The van der Waals surface area contributed by atoms with E-state index in [-0.39, 0.29) is 22.8 Å². The zero-order valence-electron chi connectivity index (χ0n) is 23.6. The number of carbonyl (C=O) groups excluding carboxylic acids is 1. The normalized spacial score (nSPS) is 32.5. The van der Waals surface area contributed by atoms with E-state index in [1.54, 1.807) is 31.2 Å². The summed E-state index contributed by atoms with van der Waals surface area (Å²) in [4.78, 5) is 15.6. The minimum atomic E-state index is -4.08. The Labute approximate surface area is 247 Å². The molecule has 2 aromatic carbocycles. The van der Waals surface area contributed by atoms with Gasteiger partial charge in [-0.15, -0.1) is 0 Å². The minimum Gasteiger partial charge on any atom is -0.490 e. The van der Waals surface area contributed by atoms with E-state index < -0.39 is 28.3 Å². The smallest absolute Gasteiger partial charge is 0.304 e. The summed E-state index contributed by atoms with van der Waals surface area (Å²) in [5.74, 6) is 0.383. The molecule has 1 saturated carbocycles. The Morgan fingerprint density at radius 3 is 2.78 bits per heavy atom. The number of fused-ring (bicyclic) bond motifs is 4. The standard InChI is InChI=1S/C31H38ClN3O5S/c1-20-5-3-7-28(36)25-11-8-23(25)17-35-18-31(14-4-6-21-15-24(32)10-12-26(21)31)19-40-29-13-9-22(16-27(29)35)30(37)33-41(38,39)34(20)2/h3,7,9-10,12-13,15-16,20,23,25,28,36H,4-6,8,11,14,17-19H2,1-2H3,(H,33,37)/b7-3-/t20-,23-,25+,28-,31-/m0/s1. The lowest BCUT2D eigenvalue weighted by atomic mass is 9.68. The highest BCUT2D eigenvalue weighted by Gasteiger charge is 2.44. The molecule has 0 saturated heterocycles. The Morgan fingerprint density at radius 2 is 2.00 bits per heavy atom. The van der Waals surface area contributed by atoms with Gasteiger partial charge in [0.2, 0.25) is 0 Å². The van der Waals surface area contributed by atoms with Crippen molar-refractivity contribution in [3.63, 3.8) is 0 Å². The third-order valence-corrected chi connectivity index (χ3v) is 11.5. The molecule has 6 rings (SSSR count). The number of amides is 1. The first-order chi connectivity index (χ1) is 19.6.